The van der Waals surface area contributed by atoms with Gasteiger partial charge in [0.2, 0.25) is 0 Å². The zero-order valence-electron chi connectivity index (χ0n) is 11.2. The van der Waals surface area contributed by atoms with Gasteiger partial charge in [0, 0.05) is 19.6 Å². The molecule has 4 heteroatoms. The number of anilines is 2. The molecule has 0 bridgehead atoms. The van der Waals surface area contributed by atoms with Gasteiger partial charge in [0.05, 0.1) is 11.4 Å². The minimum absolute atomic E-state index is 0.631. The minimum atomic E-state index is 0.631. The number of aryl methyl sites for hydroxylation is 2. The van der Waals surface area contributed by atoms with E-state index in [9.17, 15) is 0 Å². The highest BCUT2D eigenvalue weighted by molar-refractivity contribution is 5.67. The largest absolute Gasteiger partial charge is 0.394 e. The zero-order valence-corrected chi connectivity index (χ0v) is 11.2. The second-order valence-corrected chi connectivity index (χ2v) is 4.91. The van der Waals surface area contributed by atoms with Gasteiger partial charge in [-0.1, -0.05) is 13.8 Å². The van der Waals surface area contributed by atoms with Crippen molar-refractivity contribution >= 4 is 11.5 Å². The van der Waals surface area contributed by atoms with Crippen LogP contribution in [0.5, 0.6) is 0 Å². The molecule has 1 aromatic heterocycles. The van der Waals surface area contributed by atoms with E-state index >= 15 is 0 Å². The van der Waals surface area contributed by atoms with Crippen LogP contribution in [-0.2, 0) is 13.5 Å². The topological polar surface area (TPSA) is 47.1 Å². The van der Waals surface area contributed by atoms with E-state index in [1.165, 1.54) is 25.7 Å². The van der Waals surface area contributed by atoms with Gasteiger partial charge in [0.1, 0.15) is 0 Å². The summed E-state index contributed by atoms with van der Waals surface area (Å²) in [7, 11) is 2.01. The van der Waals surface area contributed by atoms with Crippen LogP contribution in [0.2, 0.25) is 0 Å². The molecule has 1 aromatic rings. The maximum atomic E-state index is 6.24. The molecule has 0 spiro atoms. The first-order valence-electron chi connectivity index (χ1n) is 6.77. The number of nitrogens with zero attached hydrogens (tertiary/aromatic N) is 3. The third-order valence-corrected chi connectivity index (χ3v) is 3.83. The van der Waals surface area contributed by atoms with Crippen LogP contribution in [0.15, 0.2) is 0 Å². The molecule has 0 saturated carbocycles. The molecule has 0 amide bonds. The molecular weight excluding hydrogens is 212 g/mol. The van der Waals surface area contributed by atoms with Gasteiger partial charge in [-0.25, -0.2) is 0 Å². The van der Waals surface area contributed by atoms with Gasteiger partial charge >= 0.3 is 0 Å². The fraction of sp³-hybridized carbons (Fsp3) is 0.769. The standard InChI is InChI=1S/C13H24N4/c1-4-10-8-6-7-9-17(10)13-12(14)11(5-2)15-16(13)3/h10H,4-9,14H2,1-3H3. The smallest absolute Gasteiger partial charge is 0.150 e. The number of piperidine rings is 1. The van der Waals surface area contributed by atoms with Crippen molar-refractivity contribution in [2.24, 2.45) is 7.05 Å². The lowest BCUT2D eigenvalue weighted by Crippen LogP contribution is -2.40. The van der Waals surface area contributed by atoms with Crippen LogP contribution < -0.4 is 10.6 Å². The first-order valence-corrected chi connectivity index (χ1v) is 6.77. The molecule has 2 N–H and O–H groups in total. The van der Waals surface area contributed by atoms with Crippen LogP contribution in [-0.4, -0.2) is 22.4 Å². The second kappa shape index (κ2) is 4.98. The molecule has 1 aliphatic heterocycles. The Hall–Kier alpha value is -1.19. The Balaban J connectivity index is 2.34. The van der Waals surface area contributed by atoms with Crippen LogP contribution in [0.4, 0.5) is 11.5 Å². The van der Waals surface area contributed by atoms with Crippen LogP contribution in [0, 0.1) is 0 Å². The maximum Gasteiger partial charge on any atom is 0.150 e. The summed E-state index contributed by atoms with van der Waals surface area (Å²) < 4.78 is 1.96. The lowest BCUT2D eigenvalue weighted by molar-refractivity contribution is 0.441. The van der Waals surface area contributed by atoms with Crippen molar-refractivity contribution in [3.05, 3.63) is 5.69 Å². The average molecular weight is 236 g/mol. The molecule has 0 radical (unpaired) electrons. The molecule has 2 rings (SSSR count). The third-order valence-electron chi connectivity index (χ3n) is 3.83. The van der Waals surface area contributed by atoms with E-state index in [4.69, 9.17) is 5.73 Å². The molecule has 1 saturated heterocycles. The first-order chi connectivity index (χ1) is 8.19. The fourth-order valence-electron chi connectivity index (χ4n) is 2.89. The molecule has 1 atom stereocenters. The van der Waals surface area contributed by atoms with Gasteiger partial charge in [-0.2, -0.15) is 5.10 Å². The summed E-state index contributed by atoms with van der Waals surface area (Å²) in [5.41, 5.74) is 8.15. The van der Waals surface area contributed by atoms with Crippen LogP contribution in [0.3, 0.4) is 0 Å². The number of nitrogens with two attached hydrogens (primary N) is 1. The number of aromatic nitrogens is 2. The first kappa shape index (κ1) is 12.3. The number of hydrogen-bond donors (Lipinski definition) is 1. The summed E-state index contributed by atoms with van der Waals surface area (Å²) in [6, 6.07) is 0.631. The number of hydrogen-bond acceptors (Lipinski definition) is 3. The van der Waals surface area contributed by atoms with Crippen molar-refractivity contribution in [1.29, 1.82) is 0 Å². The molecular formula is C13H24N4. The van der Waals surface area contributed by atoms with Crippen molar-refractivity contribution in [3.63, 3.8) is 0 Å². The van der Waals surface area contributed by atoms with Gasteiger partial charge in [-0.05, 0) is 32.1 Å². The third kappa shape index (κ3) is 2.13. The molecule has 96 valence electrons. The molecule has 1 aliphatic rings. The quantitative estimate of drug-likeness (QED) is 0.876. The van der Waals surface area contributed by atoms with E-state index < -0.39 is 0 Å². The predicted octanol–water partition coefficient (Wildman–Crippen LogP) is 2.33. The van der Waals surface area contributed by atoms with Crippen molar-refractivity contribution in [1.82, 2.24) is 9.78 Å². The molecule has 17 heavy (non-hydrogen) atoms. The summed E-state index contributed by atoms with van der Waals surface area (Å²) in [5, 5.41) is 4.52. The molecule has 0 aromatic carbocycles. The normalized spacial score (nSPS) is 20.9. The van der Waals surface area contributed by atoms with Crippen LogP contribution in [0.1, 0.15) is 45.2 Å². The lowest BCUT2D eigenvalue weighted by Gasteiger charge is -2.37. The Labute approximate surface area is 104 Å². The monoisotopic (exact) mass is 236 g/mol. The Bertz CT molecular complexity index is 383. The van der Waals surface area contributed by atoms with E-state index in [0.717, 1.165) is 30.2 Å². The van der Waals surface area contributed by atoms with Gasteiger partial charge in [0.15, 0.2) is 5.82 Å². The van der Waals surface area contributed by atoms with Crippen molar-refractivity contribution < 1.29 is 0 Å². The van der Waals surface area contributed by atoms with E-state index in [0.29, 0.717) is 6.04 Å². The Morgan fingerprint density at radius 3 is 2.71 bits per heavy atom. The van der Waals surface area contributed by atoms with E-state index in [2.05, 4.69) is 23.8 Å². The summed E-state index contributed by atoms with van der Waals surface area (Å²) in [6.45, 7) is 5.48. The van der Waals surface area contributed by atoms with E-state index in [-0.39, 0.29) is 0 Å². The van der Waals surface area contributed by atoms with E-state index in [1.54, 1.807) is 0 Å². The zero-order chi connectivity index (χ0) is 12.4. The van der Waals surface area contributed by atoms with Gasteiger partial charge < -0.3 is 10.6 Å². The lowest BCUT2D eigenvalue weighted by atomic mass is 10.00. The van der Waals surface area contributed by atoms with Crippen molar-refractivity contribution in [2.75, 3.05) is 17.2 Å². The molecule has 1 unspecified atom stereocenters. The highest BCUT2D eigenvalue weighted by Crippen LogP contribution is 2.32. The highest BCUT2D eigenvalue weighted by Gasteiger charge is 2.26. The van der Waals surface area contributed by atoms with Crippen molar-refractivity contribution in [2.45, 2.75) is 52.0 Å². The molecule has 0 aliphatic carbocycles. The Morgan fingerprint density at radius 2 is 2.12 bits per heavy atom. The van der Waals surface area contributed by atoms with Crippen LogP contribution in [0.25, 0.3) is 0 Å². The summed E-state index contributed by atoms with van der Waals surface area (Å²) in [6.07, 6.45) is 5.98. The fourth-order valence-corrected chi connectivity index (χ4v) is 2.89. The Morgan fingerprint density at radius 1 is 1.35 bits per heavy atom. The van der Waals surface area contributed by atoms with E-state index in [1.807, 2.05) is 11.7 Å². The molecule has 2 heterocycles. The van der Waals surface area contributed by atoms with Crippen molar-refractivity contribution in [3.8, 4) is 0 Å². The molecule has 1 fully saturated rings. The van der Waals surface area contributed by atoms with Crippen LogP contribution >= 0.6 is 0 Å². The summed E-state index contributed by atoms with van der Waals surface area (Å²) >= 11 is 0. The SMILES string of the molecule is CCc1nn(C)c(N2CCCCC2CC)c1N. The summed E-state index contributed by atoms with van der Waals surface area (Å²) in [5.74, 6) is 1.13. The second-order valence-electron chi connectivity index (χ2n) is 4.91. The van der Waals surface area contributed by atoms with Gasteiger partial charge in [-0.3, -0.25) is 4.68 Å². The molecule has 4 nitrogen and oxygen atoms in total. The number of nitrogen functional groups attached to an aromatic ring is 1. The summed E-state index contributed by atoms with van der Waals surface area (Å²) in [4.78, 5) is 2.46. The Kier molecular flexibility index (Phi) is 3.60. The van der Waals surface area contributed by atoms with Gasteiger partial charge in [-0.15, -0.1) is 0 Å². The average Bonchev–Trinajstić information content (AvgIpc) is 2.64. The van der Waals surface area contributed by atoms with Gasteiger partial charge in [0.25, 0.3) is 0 Å². The maximum absolute atomic E-state index is 6.24. The minimum Gasteiger partial charge on any atom is -0.394 e. The predicted molar refractivity (Wildman–Crippen MR) is 72.3 cm³/mol. The number of rotatable bonds is 3. The highest BCUT2D eigenvalue weighted by atomic mass is 15.4.